The molecule has 17 heavy (non-hydrogen) atoms. The minimum atomic E-state index is -0.199. The molecule has 1 saturated heterocycles. The molecule has 0 N–H and O–H groups in total. The third kappa shape index (κ3) is 2.80. The molecular weight excluding hydrogens is 282 g/mol. The van der Waals surface area contributed by atoms with Crippen molar-refractivity contribution in [1.29, 1.82) is 0 Å². The summed E-state index contributed by atoms with van der Waals surface area (Å²) in [4.78, 5) is 13.6. The molecule has 92 valence electrons. The number of hydrogen-bond donors (Lipinski definition) is 0. The maximum Gasteiger partial charge on any atom is 0.410 e. The van der Waals surface area contributed by atoms with Gasteiger partial charge in [-0.2, -0.15) is 0 Å². The Balaban J connectivity index is 2.17. The summed E-state index contributed by atoms with van der Waals surface area (Å²) in [5.74, 6) is 0. The molecule has 1 aliphatic rings. The van der Waals surface area contributed by atoms with Gasteiger partial charge in [0.25, 0.3) is 0 Å². The molecule has 2 rings (SSSR count). The molecule has 3 nitrogen and oxygen atoms in total. The van der Waals surface area contributed by atoms with Crippen molar-refractivity contribution in [3.63, 3.8) is 0 Å². The number of carbonyl (C=O) groups is 1. The second kappa shape index (κ2) is 5.54. The molecule has 1 amide bonds. The van der Waals surface area contributed by atoms with Gasteiger partial charge in [0.05, 0.1) is 12.6 Å². The van der Waals surface area contributed by atoms with E-state index >= 15 is 0 Å². The van der Waals surface area contributed by atoms with Gasteiger partial charge in [0.1, 0.15) is 0 Å². The first kappa shape index (κ1) is 12.4. The van der Waals surface area contributed by atoms with Crippen molar-refractivity contribution in [3.8, 4) is 0 Å². The maximum absolute atomic E-state index is 11.8. The minimum Gasteiger partial charge on any atom is -0.450 e. The van der Waals surface area contributed by atoms with E-state index in [0.29, 0.717) is 6.61 Å². The van der Waals surface area contributed by atoms with E-state index in [0.717, 1.165) is 23.9 Å². The number of likely N-dealkylation sites (tertiary alicyclic amines) is 1. The maximum atomic E-state index is 11.8. The zero-order valence-electron chi connectivity index (χ0n) is 9.86. The number of benzene rings is 1. The van der Waals surface area contributed by atoms with Crippen LogP contribution < -0.4 is 0 Å². The van der Waals surface area contributed by atoms with Crippen LogP contribution >= 0.6 is 15.9 Å². The molecule has 1 aromatic carbocycles. The average Bonchev–Trinajstić information content (AvgIpc) is 2.78. The monoisotopic (exact) mass is 297 g/mol. The summed E-state index contributed by atoms with van der Waals surface area (Å²) < 4.78 is 6.13. The molecule has 0 saturated carbocycles. The molecule has 0 spiro atoms. The SMILES string of the molecule is CCOC(=O)N1CCC[C@H]1c1cccc(Br)c1. The molecule has 1 fully saturated rings. The second-order valence-corrected chi connectivity index (χ2v) is 5.02. The lowest BCUT2D eigenvalue weighted by molar-refractivity contribution is 0.103. The van der Waals surface area contributed by atoms with Gasteiger partial charge < -0.3 is 9.64 Å². The topological polar surface area (TPSA) is 29.5 Å². The average molecular weight is 298 g/mol. The van der Waals surface area contributed by atoms with Gasteiger partial charge >= 0.3 is 6.09 Å². The highest BCUT2D eigenvalue weighted by atomic mass is 79.9. The molecule has 1 aliphatic heterocycles. The van der Waals surface area contributed by atoms with Crippen molar-refractivity contribution < 1.29 is 9.53 Å². The largest absolute Gasteiger partial charge is 0.450 e. The number of carbonyl (C=O) groups excluding carboxylic acids is 1. The molecule has 1 aromatic rings. The van der Waals surface area contributed by atoms with E-state index in [-0.39, 0.29) is 12.1 Å². The summed E-state index contributed by atoms with van der Waals surface area (Å²) in [6.45, 7) is 3.05. The van der Waals surface area contributed by atoms with Gasteiger partial charge in [0.2, 0.25) is 0 Å². The second-order valence-electron chi connectivity index (χ2n) is 4.11. The zero-order valence-corrected chi connectivity index (χ0v) is 11.4. The van der Waals surface area contributed by atoms with Crippen LogP contribution in [-0.2, 0) is 4.74 Å². The zero-order chi connectivity index (χ0) is 12.3. The van der Waals surface area contributed by atoms with Crippen LogP contribution in [0.1, 0.15) is 31.4 Å². The van der Waals surface area contributed by atoms with Crippen LogP contribution in [0.3, 0.4) is 0 Å². The number of ether oxygens (including phenoxy) is 1. The van der Waals surface area contributed by atoms with Crippen LogP contribution in [-0.4, -0.2) is 24.1 Å². The van der Waals surface area contributed by atoms with E-state index in [1.807, 2.05) is 24.0 Å². The summed E-state index contributed by atoms with van der Waals surface area (Å²) in [6, 6.07) is 8.29. The van der Waals surface area contributed by atoms with E-state index in [1.54, 1.807) is 0 Å². The lowest BCUT2D eigenvalue weighted by Gasteiger charge is -2.24. The number of halogens is 1. The fourth-order valence-electron chi connectivity index (χ4n) is 2.25. The third-order valence-electron chi connectivity index (χ3n) is 2.99. The Morgan fingerprint density at radius 1 is 1.59 bits per heavy atom. The number of amides is 1. The Hall–Kier alpha value is -1.03. The van der Waals surface area contributed by atoms with Gasteiger partial charge in [0.15, 0.2) is 0 Å². The van der Waals surface area contributed by atoms with Crippen LogP contribution in [0.4, 0.5) is 4.79 Å². The van der Waals surface area contributed by atoms with Crippen LogP contribution in [0.15, 0.2) is 28.7 Å². The smallest absolute Gasteiger partial charge is 0.410 e. The van der Waals surface area contributed by atoms with Crippen LogP contribution in [0, 0.1) is 0 Å². The van der Waals surface area contributed by atoms with Crippen LogP contribution in [0.5, 0.6) is 0 Å². The van der Waals surface area contributed by atoms with Gasteiger partial charge in [-0.25, -0.2) is 4.79 Å². The lowest BCUT2D eigenvalue weighted by Crippen LogP contribution is -2.31. The highest BCUT2D eigenvalue weighted by Crippen LogP contribution is 2.33. The fraction of sp³-hybridized carbons (Fsp3) is 0.462. The number of hydrogen-bond acceptors (Lipinski definition) is 2. The Kier molecular flexibility index (Phi) is 4.05. The van der Waals surface area contributed by atoms with Crippen molar-refractivity contribution in [2.45, 2.75) is 25.8 Å². The van der Waals surface area contributed by atoms with E-state index in [1.165, 1.54) is 5.56 Å². The molecule has 1 heterocycles. The molecule has 0 aliphatic carbocycles. The van der Waals surface area contributed by atoms with Crippen molar-refractivity contribution >= 4 is 22.0 Å². The Bertz CT molecular complexity index is 408. The quantitative estimate of drug-likeness (QED) is 0.832. The Morgan fingerprint density at radius 2 is 2.41 bits per heavy atom. The highest BCUT2D eigenvalue weighted by molar-refractivity contribution is 9.10. The standard InChI is InChI=1S/C13H16BrNO2/c1-2-17-13(16)15-8-4-7-12(15)10-5-3-6-11(14)9-10/h3,5-6,9,12H,2,4,7-8H2,1H3/t12-/m0/s1. The number of rotatable bonds is 2. The first-order valence-electron chi connectivity index (χ1n) is 5.91. The number of nitrogens with zero attached hydrogens (tertiary/aromatic N) is 1. The summed E-state index contributed by atoms with van der Waals surface area (Å²) in [7, 11) is 0. The van der Waals surface area contributed by atoms with Crippen LogP contribution in [0.25, 0.3) is 0 Å². The van der Waals surface area contributed by atoms with E-state index in [9.17, 15) is 4.79 Å². The Morgan fingerprint density at radius 3 is 3.12 bits per heavy atom. The van der Waals surface area contributed by atoms with Gasteiger partial charge in [-0.05, 0) is 37.5 Å². The fourth-order valence-corrected chi connectivity index (χ4v) is 2.67. The van der Waals surface area contributed by atoms with E-state index < -0.39 is 0 Å². The molecular formula is C13H16BrNO2. The molecule has 0 radical (unpaired) electrons. The Labute approximate surface area is 110 Å². The van der Waals surface area contributed by atoms with Gasteiger partial charge in [-0.15, -0.1) is 0 Å². The predicted molar refractivity (Wildman–Crippen MR) is 69.8 cm³/mol. The highest BCUT2D eigenvalue weighted by Gasteiger charge is 2.30. The third-order valence-corrected chi connectivity index (χ3v) is 3.48. The summed E-state index contributed by atoms with van der Waals surface area (Å²) >= 11 is 3.46. The first-order valence-corrected chi connectivity index (χ1v) is 6.70. The predicted octanol–water partition coefficient (Wildman–Crippen LogP) is 3.74. The van der Waals surface area contributed by atoms with Crippen molar-refractivity contribution in [3.05, 3.63) is 34.3 Å². The van der Waals surface area contributed by atoms with Crippen molar-refractivity contribution in [2.24, 2.45) is 0 Å². The van der Waals surface area contributed by atoms with Gasteiger partial charge in [0, 0.05) is 11.0 Å². The van der Waals surface area contributed by atoms with Gasteiger partial charge in [-0.3, -0.25) is 0 Å². The van der Waals surface area contributed by atoms with E-state index in [2.05, 4.69) is 28.1 Å². The lowest BCUT2D eigenvalue weighted by atomic mass is 10.1. The molecule has 0 aromatic heterocycles. The molecule has 4 heteroatoms. The minimum absolute atomic E-state index is 0.159. The summed E-state index contributed by atoms with van der Waals surface area (Å²) in [5, 5.41) is 0. The molecule has 0 bridgehead atoms. The summed E-state index contributed by atoms with van der Waals surface area (Å²) in [5.41, 5.74) is 1.17. The van der Waals surface area contributed by atoms with E-state index in [4.69, 9.17) is 4.74 Å². The van der Waals surface area contributed by atoms with Crippen molar-refractivity contribution in [1.82, 2.24) is 4.90 Å². The first-order chi connectivity index (χ1) is 8.22. The van der Waals surface area contributed by atoms with Gasteiger partial charge in [-0.1, -0.05) is 28.1 Å². The van der Waals surface area contributed by atoms with Crippen molar-refractivity contribution in [2.75, 3.05) is 13.2 Å². The molecule has 1 atom stereocenters. The van der Waals surface area contributed by atoms with Crippen LogP contribution in [0.2, 0.25) is 0 Å². The normalized spacial score (nSPS) is 19.4. The summed E-state index contributed by atoms with van der Waals surface area (Å²) in [6.07, 6.45) is 1.85. The molecule has 0 unspecified atom stereocenters.